The van der Waals surface area contributed by atoms with Crippen LogP contribution in [0.1, 0.15) is 40.2 Å². The quantitative estimate of drug-likeness (QED) is 0.710. The van der Waals surface area contributed by atoms with Crippen molar-refractivity contribution >= 4 is 11.4 Å². The molecule has 0 saturated carbocycles. The number of Topliss-reactive ketones (excluding diaryl/α,β-unsaturated/α-hetero) is 1. The van der Waals surface area contributed by atoms with E-state index in [1.807, 2.05) is 39.0 Å². The Kier molecular flexibility index (Phi) is 3.02. The smallest absolute Gasteiger partial charge is 0.168 e. The highest BCUT2D eigenvalue weighted by molar-refractivity contribution is 6.11. The van der Waals surface area contributed by atoms with Crippen molar-refractivity contribution in [3.63, 3.8) is 0 Å². The molecule has 18 heavy (non-hydrogen) atoms. The fraction of sp³-hybridized carbons (Fsp3) is 0.353. The van der Waals surface area contributed by atoms with E-state index >= 15 is 0 Å². The molecule has 2 rings (SSSR count). The van der Waals surface area contributed by atoms with Gasteiger partial charge >= 0.3 is 0 Å². The van der Waals surface area contributed by atoms with E-state index in [1.54, 1.807) is 0 Å². The van der Waals surface area contributed by atoms with Gasteiger partial charge < -0.3 is 0 Å². The lowest BCUT2D eigenvalue weighted by atomic mass is 9.69. The van der Waals surface area contributed by atoms with Crippen molar-refractivity contribution in [1.29, 1.82) is 0 Å². The van der Waals surface area contributed by atoms with Crippen LogP contribution in [0.4, 0.5) is 0 Å². The van der Waals surface area contributed by atoms with Crippen LogP contribution in [0.3, 0.4) is 0 Å². The van der Waals surface area contributed by atoms with Crippen molar-refractivity contribution in [2.75, 3.05) is 0 Å². The van der Waals surface area contributed by atoms with E-state index in [0.29, 0.717) is 0 Å². The van der Waals surface area contributed by atoms with Gasteiger partial charge in [-0.05, 0) is 51.3 Å². The highest BCUT2D eigenvalue weighted by Crippen LogP contribution is 2.43. The Labute approximate surface area is 109 Å². The molecule has 1 aromatic rings. The standard InChI is InChI=1S/C17H20O/c1-11-13(3)17(4,5)16(18)12(2)15(11)14-9-7-6-8-10-14/h6-10H,1-5H3. The summed E-state index contributed by atoms with van der Waals surface area (Å²) in [6.45, 7) is 10.2. The predicted octanol–water partition coefficient (Wildman–Crippen LogP) is 4.41. The SMILES string of the molecule is CC1=C(c2ccccc2)C(C)=C(C)C(C)(C)C1=O. The number of benzene rings is 1. The summed E-state index contributed by atoms with van der Waals surface area (Å²) in [5, 5.41) is 0. The van der Waals surface area contributed by atoms with E-state index in [2.05, 4.69) is 26.0 Å². The van der Waals surface area contributed by atoms with Crippen LogP contribution < -0.4 is 0 Å². The number of carbonyl (C=O) groups excluding carboxylic acids is 1. The van der Waals surface area contributed by atoms with Crippen molar-refractivity contribution in [1.82, 2.24) is 0 Å². The second-order valence-electron chi connectivity index (χ2n) is 5.57. The van der Waals surface area contributed by atoms with Crippen LogP contribution in [-0.4, -0.2) is 5.78 Å². The first-order valence-corrected chi connectivity index (χ1v) is 6.36. The van der Waals surface area contributed by atoms with Crippen molar-refractivity contribution in [3.05, 3.63) is 52.6 Å². The third kappa shape index (κ3) is 1.74. The first-order valence-electron chi connectivity index (χ1n) is 6.36. The Hall–Kier alpha value is -1.63. The lowest BCUT2D eigenvalue weighted by Gasteiger charge is -2.33. The van der Waals surface area contributed by atoms with Gasteiger partial charge in [-0.3, -0.25) is 4.79 Å². The van der Waals surface area contributed by atoms with Gasteiger partial charge in [0.05, 0.1) is 0 Å². The van der Waals surface area contributed by atoms with E-state index in [-0.39, 0.29) is 11.2 Å². The highest BCUT2D eigenvalue weighted by Gasteiger charge is 2.37. The zero-order valence-corrected chi connectivity index (χ0v) is 11.8. The molecule has 0 amide bonds. The predicted molar refractivity (Wildman–Crippen MR) is 76.2 cm³/mol. The summed E-state index contributed by atoms with van der Waals surface area (Å²) < 4.78 is 0. The largest absolute Gasteiger partial charge is 0.294 e. The maximum absolute atomic E-state index is 12.5. The molecule has 0 bridgehead atoms. The molecule has 0 atom stereocenters. The molecule has 1 aliphatic rings. The molecule has 94 valence electrons. The molecule has 0 N–H and O–H groups in total. The average Bonchev–Trinajstić information content (AvgIpc) is 2.36. The molecule has 0 aromatic heterocycles. The Morgan fingerprint density at radius 3 is 2.00 bits per heavy atom. The summed E-state index contributed by atoms with van der Waals surface area (Å²) in [4.78, 5) is 12.5. The topological polar surface area (TPSA) is 17.1 Å². The normalized spacial score (nSPS) is 19.5. The Morgan fingerprint density at radius 2 is 1.44 bits per heavy atom. The van der Waals surface area contributed by atoms with Crippen LogP contribution in [0.15, 0.2) is 47.1 Å². The van der Waals surface area contributed by atoms with Crippen LogP contribution in [0, 0.1) is 5.41 Å². The third-order valence-electron chi connectivity index (χ3n) is 4.22. The van der Waals surface area contributed by atoms with Crippen LogP contribution >= 0.6 is 0 Å². The molecule has 0 heterocycles. The second-order valence-corrected chi connectivity index (χ2v) is 5.57. The van der Waals surface area contributed by atoms with Gasteiger partial charge in [0.1, 0.15) is 0 Å². The summed E-state index contributed by atoms with van der Waals surface area (Å²) in [5.74, 6) is 0.240. The Morgan fingerprint density at radius 1 is 0.889 bits per heavy atom. The highest BCUT2D eigenvalue weighted by atomic mass is 16.1. The summed E-state index contributed by atoms with van der Waals surface area (Å²) in [6.07, 6.45) is 0. The summed E-state index contributed by atoms with van der Waals surface area (Å²) in [7, 11) is 0. The van der Waals surface area contributed by atoms with E-state index < -0.39 is 0 Å². The lowest BCUT2D eigenvalue weighted by molar-refractivity contribution is -0.121. The molecule has 0 spiro atoms. The summed E-state index contributed by atoms with van der Waals surface area (Å²) >= 11 is 0. The number of ketones is 1. The minimum absolute atomic E-state index is 0.240. The van der Waals surface area contributed by atoms with Gasteiger partial charge in [0.25, 0.3) is 0 Å². The van der Waals surface area contributed by atoms with Crippen molar-refractivity contribution in [3.8, 4) is 0 Å². The molecule has 0 aliphatic heterocycles. The number of hydrogen-bond acceptors (Lipinski definition) is 1. The summed E-state index contributed by atoms with van der Waals surface area (Å²) in [6, 6.07) is 10.2. The van der Waals surface area contributed by atoms with Gasteiger partial charge in [-0.2, -0.15) is 0 Å². The maximum Gasteiger partial charge on any atom is 0.168 e. The Balaban J connectivity index is 2.69. The molecule has 1 aromatic carbocycles. The number of rotatable bonds is 1. The minimum atomic E-state index is -0.369. The Bertz CT molecular complexity index is 557. The molecule has 0 fully saturated rings. The molecule has 1 aliphatic carbocycles. The maximum atomic E-state index is 12.5. The van der Waals surface area contributed by atoms with Gasteiger partial charge in [0.15, 0.2) is 5.78 Å². The molecule has 0 radical (unpaired) electrons. The zero-order valence-electron chi connectivity index (χ0n) is 11.8. The van der Waals surface area contributed by atoms with Gasteiger partial charge in [-0.25, -0.2) is 0 Å². The van der Waals surface area contributed by atoms with E-state index in [4.69, 9.17) is 0 Å². The molecule has 1 nitrogen and oxygen atoms in total. The first kappa shape index (κ1) is 12.8. The molecule has 0 saturated heterocycles. The second kappa shape index (κ2) is 4.24. The monoisotopic (exact) mass is 240 g/mol. The zero-order chi connectivity index (χ0) is 13.5. The first-order chi connectivity index (χ1) is 8.37. The van der Waals surface area contributed by atoms with Crippen molar-refractivity contribution in [2.24, 2.45) is 5.41 Å². The van der Waals surface area contributed by atoms with Crippen LogP contribution in [0.2, 0.25) is 0 Å². The van der Waals surface area contributed by atoms with Crippen LogP contribution in [0.5, 0.6) is 0 Å². The average molecular weight is 240 g/mol. The lowest BCUT2D eigenvalue weighted by Crippen LogP contribution is -2.31. The van der Waals surface area contributed by atoms with E-state index in [9.17, 15) is 4.79 Å². The van der Waals surface area contributed by atoms with Crippen LogP contribution in [0.25, 0.3) is 5.57 Å². The van der Waals surface area contributed by atoms with Crippen molar-refractivity contribution < 1.29 is 4.79 Å². The fourth-order valence-corrected chi connectivity index (χ4v) is 2.73. The van der Waals surface area contributed by atoms with E-state index in [1.165, 1.54) is 11.1 Å². The van der Waals surface area contributed by atoms with Crippen LogP contribution in [-0.2, 0) is 4.79 Å². The summed E-state index contributed by atoms with van der Waals surface area (Å²) in [5.41, 5.74) is 5.18. The number of allylic oxidation sites excluding steroid dienone is 4. The van der Waals surface area contributed by atoms with Gasteiger partial charge in [-0.1, -0.05) is 35.9 Å². The molecule has 0 unspecified atom stereocenters. The molecular weight excluding hydrogens is 220 g/mol. The number of carbonyl (C=O) groups is 1. The molecular formula is C17H20O. The third-order valence-corrected chi connectivity index (χ3v) is 4.22. The van der Waals surface area contributed by atoms with E-state index in [0.717, 1.165) is 16.7 Å². The van der Waals surface area contributed by atoms with Gasteiger partial charge in [0.2, 0.25) is 0 Å². The van der Waals surface area contributed by atoms with Crippen molar-refractivity contribution in [2.45, 2.75) is 34.6 Å². The van der Waals surface area contributed by atoms with Gasteiger partial charge in [0, 0.05) is 11.0 Å². The minimum Gasteiger partial charge on any atom is -0.294 e. The number of hydrogen-bond donors (Lipinski definition) is 0. The fourth-order valence-electron chi connectivity index (χ4n) is 2.73. The van der Waals surface area contributed by atoms with Gasteiger partial charge in [-0.15, -0.1) is 0 Å². The molecule has 1 heteroatoms.